The van der Waals surface area contributed by atoms with Gasteiger partial charge in [-0.15, -0.1) is 0 Å². The van der Waals surface area contributed by atoms with E-state index in [1.807, 2.05) is 0 Å². The quantitative estimate of drug-likeness (QED) is 0.404. The van der Waals surface area contributed by atoms with Crippen molar-refractivity contribution in [3.63, 3.8) is 0 Å². The Balaban J connectivity index is 1.35. The van der Waals surface area contributed by atoms with Gasteiger partial charge >= 0.3 is 6.09 Å². The first-order valence-corrected chi connectivity index (χ1v) is 13.4. The van der Waals surface area contributed by atoms with Crippen LogP contribution in [-0.4, -0.2) is 53.2 Å². The maximum atomic E-state index is 15.3. The predicted molar refractivity (Wildman–Crippen MR) is 147 cm³/mol. The molecular weight excluding hydrogens is 537 g/mol. The van der Waals surface area contributed by atoms with Crippen molar-refractivity contribution >= 4 is 17.8 Å². The SMILES string of the molecule is CC(C)(C)OC(=O)N1CCC(Oc2cc(F)c(-c3cc(-c4ccc5c(c4)CCNC5=O)c(N)nc3F)cc2F)CC1. The summed E-state index contributed by atoms with van der Waals surface area (Å²) in [6.45, 7) is 6.53. The standard InChI is InChI=1S/C30H31F3N4O4/c1-30(2,3)41-29(39)37-10-7-18(8-11-37)40-25-15-23(31)21(14-24(25)32)22-13-20(27(34)36-26(22)33)16-4-5-19-17(12-16)6-9-35-28(19)38/h4-5,12-15,18H,6-11H2,1-3H3,(H2,34,36)(H,35,38). The van der Waals surface area contributed by atoms with Crippen LogP contribution in [0.5, 0.6) is 5.75 Å². The van der Waals surface area contributed by atoms with Crippen molar-refractivity contribution in [1.82, 2.24) is 15.2 Å². The number of likely N-dealkylation sites (tertiary alicyclic amines) is 1. The van der Waals surface area contributed by atoms with Crippen LogP contribution in [0.3, 0.4) is 0 Å². The number of amides is 2. The molecule has 41 heavy (non-hydrogen) atoms. The molecule has 0 aliphatic carbocycles. The van der Waals surface area contributed by atoms with Crippen LogP contribution in [0.15, 0.2) is 36.4 Å². The maximum Gasteiger partial charge on any atom is 0.410 e. The maximum absolute atomic E-state index is 15.3. The summed E-state index contributed by atoms with van der Waals surface area (Å²) in [4.78, 5) is 29.7. The lowest BCUT2D eigenvalue weighted by atomic mass is 9.94. The third kappa shape index (κ3) is 6.08. The highest BCUT2D eigenvalue weighted by molar-refractivity contribution is 5.97. The molecule has 216 valence electrons. The van der Waals surface area contributed by atoms with Crippen molar-refractivity contribution in [1.29, 1.82) is 0 Å². The molecule has 0 spiro atoms. The van der Waals surface area contributed by atoms with Gasteiger partial charge in [-0.1, -0.05) is 12.1 Å². The van der Waals surface area contributed by atoms with Crippen LogP contribution in [0, 0.1) is 17.6 Å². The molecule has 1 fully saturated rings. The van der Waals surface area contributed by atoms with Gasteiger partial charge in [-0.2, -0.15) is 4.39 Å². The molecular formula is C30H31F3N4O4. The van der Waals surface area contributed by atoms with Crippen molar-refractivity contribution in [3.8, 4) is 28.0 Å². The molecule has 0 saturated carbocycles. The number of pyridine rings is 1. The van der Waals surface area contributed by atoms with Crippen LogP contribution >= 0.6 is 0 Å². The van der Waals surface area contributed by atoms with Crippen molar-refractivity contribution in [3.05, 3.63) is 65.1 Å². The highest BCUT2D eigenvalue weighted by atomic mass is 19.1. The molecule has 2 aliphatic rings. The van der Waals surface area contributed by atoms with Gasteiger partial charge in [0.15, 0.2) is 11.6 Å². The van der Waals surface area contributed by atoms with Crippen LogP contribution in [0.1, 0.15) is 49.5 Å². The van der Waals surface area contributed by atoms with Crippen molar-refractivity contribution in [2.45, 2.75) is 51.7 Å². The predicted octanol–water partition coefficient (Wildman–Crippen LogP) is 5.48. The average Bonchev–Trinajstić information content (AvgIpc) is 2.90. The number of aromatic nitrogens is 1. The second-order valence-corrected chi connectivity index (χ2v) is 11.2. The number of ether oxygens (including phenoxy) is 2. The molecule has 2 aliphatic heterocycles. The van der Waals surface area contributed by atoms with Crippen LogP contribution in [-0.2, 0) is 11.2 Å². The lowest BCUT2D eigenvalue weighted by molar-refractivity contribution is 0.0123. The third-order valence-corrected chi connectivity index (χ3v) is 7.05. The number of carbonyl (C=O) groups excluding carboxylic acids is 2. The molecule has 2 aromatic carbocycles. The normalized spacial score (nSPS) is 15.8. The molecule has 3 N–H and O–H groups in total. The first-order valence-electron chi connectivity index (χ1n) is 13.4. The van der Waals surface area contributed by atoms with Gasteiger partial charge in [0, 0.05) is 60.8 Å². The molecule has 0 atom stereocenters. The number of anilines is 1. The van der Waals surface area contributed by atoms with E-state index in [9.17, 15) is 14.0 Å². The molecule has 1 saturated heterocycles. The summed E-state index contributed by atoms with van der Waals surface area (Å²) in [5, 5.41) is 2.77. The number of nitrogen functional groups attached to an aromatic ring is 1. The molecule has 0 unspecified atom stereocenters. The van der Waals surface area contributed by atoms with Crippen molar-refractivity contribution in [2.75, 3.05) is 25.4 Å². The minimum atomic E-state index is -1.05. The van der Waals surface area contributed by atoms with E-state index in [2.05, 4.69) is 10.3 Å². The van der Waals surface area contributed by atoms with Crippen LogP contribution < -0.4 is 15.8 Å². The summed E-state index contributed by atoms with van der Waals surface area (Å²) in [5.74, 6) is -3.43. The highest BCUT2D eigenvalue weighted by Gasteiger charge is 2.29. The number of hydrogen-bond acceptors (Lipinski definition) is 6. The van der Waals surface area contributed by atoms with Crippen LogP contribution in [0.25, 0.3) is 22.3 Å². The third-order valence-electron chi connectivity index (χ3n) is 7.05. The number of nitrogens with one attached hydrogen (secondary N) is 1. The van der Waals surface area contributed by atoms with E-state index in [4.69, 9.17) is 15.2 Å². The molecule has 2 amide bonds. The number of nitrogens with zero attached hydrogens (tertiary/aromatic N) is 2. The topological polar surface area (TPSA) is 107 Å². The summed E-state index contributed by atoms with van der Waals surface area (Å²) in [5.41, 5.74) is 7.02. The first-order chi connectivity index (χ1) is 19.4. The molecule has 5 rings (SSSR count). The van der Waals surface area contributed by atoms with E-state index in [1.165, 1.54) is 6.07 Å². The molecule has 3 aromatic rings. The number of halogens is 3. The van der Waals surface area contributed by atoms with Gasteiger partial charge in [0.2, 0.25) is 5.95 Å². The van der Waals surface area contributed by atoms with Gasteiger partial charge in [0.05, 0.1) is 0 Å². The lowest BCUT2D eigenvalue weighted by Gasteiger charge is -2.33. The number of hydrogen-bond donors (Lipinski definition) is 2. The number of piperidine rings is 1. The van der Waals surface area contributed by atoms with Gasteiger partial charge in [0.1, 0.15) is 23.3 Å². The van der Waals surface area contributed by atoms with E-state index < -0.39 is 35.4 Å². The monoisotopic (exact) mass is 568 g/mol. The molecule has 1 aromatic heterocycles. The Kier molecular flexibility index (Phi) is 7.54. The molecule has 8 nitrogen and oxygen atoms in total. The second kappa shape index (κ2) is 10.9. The Morgan fingerprint density at radius 3 is 2.44 bits per heavy atom. The van der Waals surface area contributed by atoms with Gasteiger partial charge in [-0.05, 0) is 56.5 Å². The van der Waals surface area contributed by atoms with Gasteiger partial charge in [-0.3, -0.25) is 4.79 Å². The summed E-state index contributed by atoms with van der Waals surface area (Å²) < 4.78 is 56.5. The summed E-state index contributed by atoms with van der Waals surface area (Å²) in [6, 6.07) is 8.15. The zero-order valence-corrected chi connectivity index (χ0v) is 23.0. The second-order valence-electron chi connectivity index (χ2n) is 11.2. The van der Waals surface area contributed by atoms with Crippen LogP contribution in [0.4, 0.5) is 23.8 Å². The zero-order valence-electron chi connectivity index (χ0n) is 23.0. The molecule has 0 radical (unpaired) electrons. The summed E-state index contributed by atoms with van der Waals surface area (Å²) in [6.07, 6.45) is 0.546. The van der Waals surface area contributed by atoms with Gasteiger partial charge in [0.25, 0.3) is 5.91 Å². The van der Waals surface area contributed by atoms with E-state index in [0.717, 1.165) is 17.7 Å². The first kappa shape index (κ1) is 28.3. The Bertz CT molecular complexity index is 1510. The van der Waals surface area contributed by atoms with E-state index in [-0.39, 0.29) is 28.6 Å². The Morgan fingerprint density at radius 2 is 1.73 bits per heavy atom. The Hall–Kier alpha value is -4.28. The highest BCUT2D eigenvalue weighted by Crippen LogP contribution is 2.36. The largest absolute Gasteiger partial charge is 0.487 e. The number of rotatable bonds is 4. The average molecular weight is 569 g/mol. The zero-order chi connectivity index (χ0) is 29.5. The fraction of sp³-hybridized carbons (Fsp3) is 0.367. The smallest absolute Gasteiger partial charge is 0.410 e. The molecule has 0 bridgehead atoms. The number of fused-ring (bicyclic) bond motifs is 1. The van der Waals surface area contributed by atoms with E-state index >= 15 is 8.78 Å². The van der Waals surface area contributed by atoms with Gasteiger partial charge in [-0.25, -0.2) is 18.6 Å². The van der Waals surface area contributed by atoms with Crippen molar-refractivity contribution < 1.29 is 32.2 Å². The number of carbonyl (C=O) groups is 2. The summed E-state index contributed by atoms with van der Waals surface area (Å²) in [7, 11) is 0. The van der Waals surface area contributed by atoms with Gasteiger partial charge < -0.3 is 25.4 Å². The van der Waals surface area contributed by atoms with E-state index in [0.29, 0.717) is 55.6 Å². The fourth-order valence-electron chi connectivity index (χ4n) is 5.01. The van der Waals surface area contributed by atoms with E-state index in [1.54, 1.807) is 43.9 Å². The Labute approximate surface area is 235 Å². The lowest BCUT2D eigenvalue weighted by Crippen LogP contribution is -2.44. The molecule has 11 heteroatoms. The van der Waals surface area contributed by atoms with Crippen LogP contribution in [0.2, 0.25) is 0 Å². The minimum absolute atomic E-state index is 0.120. The number of nitrogens with two attached hydrogens (primary N) is 1. The fourth-order valence-corrected chi connectivity index (χ4v) is 5.01. The number of benzene rings is 2. The summed E-state index contributed by atoms with van der Waals surface area (Å²) >= 11 is 0. The Morgan fingerprint density at radius 1 is 1.00 bits per heavy atom. The molecule has 3 heterocycles. The van der Waals surface area contributed by atoms with Crippen molar-refractivity contribution in [2.24, 2.45) is 0 Å². The minimum Gasteiger partial charge on any atom is -0.487 e.